The molecule has 2 fully saturated rings. The van der Waals surface area contributed by atoms with Crippen LogP contribution in [0.1, 0.15) is 23.3 Å². The molecule has 1 N–H and O–H groups in total. The summed E-state index contributed by atoms with van der Waals surface area (Å²) >= 11 is 1.45. The van der Waals surface area contributed by atoms with E-state index >= 15 is 0 Å². The number of hydrogen-bond acceptors (Lipinski definition) is 5. The maximum absolute atomic E-state index is 11.5. The lowest BCUT2D eigenvalue weighted by molar-refractivity contribution is 0.0300. The highest BCUT2D eigenvalue weighted by Crippen LogP contribution is 2.32. The van der Waals surface area contributed by atoms with Gasteiger partial charge in [0, 0.05) is 24.7 Å². The van der Waals surface area contributed by atoms with Crippen molar-refractivity contribution in [2.75, 3.05) is 18.0 Å². The predicted molar refractivity (Wildman–Crippen MR) is 70.1 cm³/mol. The van der Waals surface area contributed by atoms with E-state index < -0.39 is 5.97 Å². The third-order valence-electron chi connectivity index (χ3n) is 3.79. The van der Waals surface area contributed by atoms with Gasteiger partial charge in [0.1, 0.15) is 0 Å². The number of ether oxygens (including phenoxy) is 1. The number of aromatic nitrogens is 2. The molecule has 4 rings (SSSR count). The van der Waals surface area contributed by atoms with Crippen LogP contribution in [0, 0.1) is 0 Å². The quantitative estimate of drug-likeness (QED) is 0.901. The molecule has 2 aliphatic rings. The van der Waals surface area contributed by atoms with Crippen LogP contribution in [0.4, 0.5) is 5.82 Å². The van der Waals surface area contributed by atoms with E-state index in [1.807, 2.05) is 5.38 Å². The van der Waals surface area contributed by atoms with Crippen molar-refractivity contribution in [3.8, 4) is 0 Å². The lowest BCUT2D eigenvalue weighted by Gasteiger charge is -2.32. The molecule has 2 bridgehead atoms. The summed E-state index contributed by atoms with van der Waals surface area (Å²) in [5.41, 5.74) is 0.262. The molecule has 2 unspecified atom stereocenters. The van der Waals surface area contributed by atoms with Gasteiger partial charge >= 0.3 is 5.97 Å². The molecule has 4 heterocycles. The number of carbonyl (C=O) groups is 1. The van der Waals surface area contributed by atoms with Gasteiger partial charge in [0.15, 0.2) is 16.5 Å². The number of carboxylic acid groups (broad SMARTS) is 1. The Morgan fingerprint density at radius 1 is 1.42 bits per heavy atom. The summed E-state index contributed by atoms with van der Waals surface area (Å²) in [5.74, 6) is -0.348. The molecule has 0 aromatic carbocycles. The maximum Gasteiger partial charge on any atom is 0.356 e. The van der Waals surface area contributed by atoms with Gasteiger partial charge in [-0.3, -0.25) is 4.40 Å². The molecule has 100 valence electrons. The summed E-state index contributed by atoms with van der Waals surface area (Å²) in [6, 6.07) is 0. The van der Waals surface area contributed by atoms with Crippen LogP contribution in [0.25, 0.3) is 4.96 Å². The number of rotatable bonds is 2. The predicted octanol–water partition coefficient (Wildman–Crippen LogP) is 1.46. The highest BCUT2D eigenvalue weighted by molar-refractivity contribution is 7.15. The molecule has 2 aromatic rings. The summed E-state index contributed by atoms with van der Waals surface area (Å²) in [6.45, 7) is 1.48. The van der Waals surface area contributed by atoms with Crippen molar-refractivity contribution in [3.63, 3.8) is 0 Å². The fraction of sp³-hybridized carbons (Fsp3) is 0.500. The van der Waals surface area contributed by atoms with E-state index in [-0.39, 0.29) is 17.9 Å². The minimum Gasteiger partial charge on any atom is -0.476 e. The van der Waals surface area contributed by atoms with Crippen LogP contribution in [0.15, 0.2) is 11.6 Å². The van der Waals surface area contributed by atoms with Crippen LogP contribution in [-0.4, -0.2) is 45.8 Å². The molecule has 6 nitrogen and oxygen atoms in total. The summed E-state index contributed by atoms with van der Waals surface area (Å²) in [5, 5.41) is 11.3. The monoisotopic (exact) mass is 279 g/mol. The first-order valence-corrected chi connectivity index (χ1v) is 7.19. The number of hydrogen-bond donors (Lipinski definition) is 1. The molecule has 0 aliphatic carbocycles. The molecule has 2 aliphatic heterocycles. The Kier molecular flexibility index (Phi) is 2.33. The van der Waals surface area contributed by atoms with Crippen LogP contribution < -0.4 is 4.90 Å². The number of imidazole rings is 1. The highest BCUT2D eigenvalue weighted by atomic mass is 32.1. The third kappa shape index (κ3) is 1.65. The number of anilines is 1. The van der Waals surface area contributed by atoms with Gasteiger partial charge in [0.2, 0.25) is 0 Å². The van der Waals surface area contributed by atoms with Crippen LogP contribution in [0.5, 0.6) is 0 Å². The number of nitrogens with zero attached hydrogens (tertiary/aromatic N) is 3. The Bertz CT molecular complexity index is 638. The first-order valence-electron chi connectivity index (χ1n) is 6.31. The number of thiazole rings is 1. The Morgan fingerprint density at radius 3 is 2.84 bits per heavy atom. The summed E-state index contributed by atoms with van der Waals surface area (Å²) in [4.78, 5) is 18.8. The Hall–Kier alpha value is -1.60. The zero-order chi connectivity index (χ0) is 13.0. The Balaban J connectivity index is 1.79. The zero-order valence-corrected chi connectivity index (χ0v) is 11.0. The first-order chi connectivity index (χ1) is 9.22. The molecule has 2 saturated heterocycles. The van der Waals surface area contributed by atoms with Gasteiger partial charge in [-0.25, -0.2) is 9.78 Å². The molecule has 0 amide bonds. The Labute approximate surface area is 113 Å². The van der Waals surface area contributed by atoms with E-state index in [4.69, 9.17) is 4.74 Å². The smallest absolute Gasteiger partial charge is 0.356 e. The van der Waals surface area contributed by atoms with Gasteiger partial charge in [0.05, 0.1) is 12.2 Å². The zero-order valence-electron chi connectivity index (χ0n) is 10.2. The molecule has 19 heavy (non-hydrogen) atoms. The minimum absolute atomic E-state index is 0.222. The minimum atomic E-state index is -0.931. The molecular weight excluding hydrogens is 266 g/mol. The molecule has 0 radical (unpaired) electrons. The number of morpholine rings is 1. The summed E-state index contributed by atoms with van der Waals surface area (Å²) in [6.07, 6.45) is 4.33. The number of carboxylic acids is 1. The Morgan fingerprint density at radius 2 is 2.16 bits per heavy atom. The van der Waals surface area contributed by atoms with Crippen molar-refractivity contribution in [2.45, 2.75) is 25.0 Å². The average molecular weight is 279 g/mol. The molecule has 2 aromatic heterocycles. The number of fused-ring (bicyclic) bond motifs is 3. The lowest BCUT2D eigenvalue weighted by atomic mass is 10.2. The molecule has 0 saturated carbocycles. The van der Waals surface area contributed by atoms with Crippen LogP contribution >= 0.6 is 11.3 Å². The molecule has 7 heteroatoms. The third-order valence-corrected chi connectivity index (χ3v) is 4.55. The van der Waals surface area contributed by atoms with Gasteiger partial charge in [-0.05, 0) is 12.8 Å². The van der Waals surface area contributed by atoms with Gasteiger partial charge in [-0.15, -0.1) is 11.3 Å². The van der Waals surface area contributed by atoms with E-state index in [9.17, 15) is 9.90 Å². The normalized spacial score (nSPS) is 26.2. The lowest BCUT2D eigenvalue weighted by Crippen LogP contribution is -2.43. The van der Waals surface area contributed by atoms with E-state index in [0.29, 0.717) is 5.82 Å². The van der Waals surface area contributed by atoms with Crippen molar-refractivity contribution >= 4 is 28.1 Å². The second kappa shape index (κ2) is 3.94. The summed E-state index contributed by atoms with van der Waals surface area (Å²) < 4.78 is 7.44. The van der Waals surface area contributed by atoms with Crippen LogP contribution in [-0.2, 0) is 4.74 Å². The van der Waals surface area contributed by atoms with Gasteiger partial charge in [-0.1, -0.05) is 0 Å². The van der Waals surface area contributed by atoms with Gasteiger partial charge in [0.25, 0.3) is 0 Å². The van der Waals surface area contributed by atoms with Crippen molar-refractivity contribution in [2.24, 2.45) is 0 Å². The van der Waals surface area contributed by atoms with E-state index in [2.05, 4.69) is 9.88 Å². The first kappa shape index (κ1) is 11.2. The van der Waals surface area contributed by atoms with Gasteiger partial charge in [-0.2, -0.15) is 0 Å². The number of aromatic carboxylic acids is 1. The standard InChI is InChI=1S/C12H13N3O3S/c16-11(17)9-10(13-12-15(9)3-4-19-12)14-5-7-1-2-8(6-14)18-7/h3-4,7-8H,1-2,5-6H2,(H,16,17). The highest BCUT2D eigenvalue weighted by Gasteiger charge is 2.36. The van der Waals surface area contributed by atoms with Crippen molar-refractivity contribution < 1.29 is 14.6 Å². The van der Waals surface area contributed by atoms with Crippen LogP contribution in [0.2, 0.25) is 0 Å². The van der Waals surface area contributed by atoms with E-state index in [1.165, 1.54) is 11.3 Å². The topological polar surface area (TPSA) is 67.1 Å². The van der Waals surface area contributed by atoms with E-state index in [1.54, 1.807) is 10.6 Å². The van der Waals surface area contributed by atoms with Crippen molar-refractivity contribution in [1.29, 1.82) is 0 Å². The second-order valence-electron chi connectivity index (χ2n) is 5.01. The SMILES string of the molecule is O=C(O)c1c(N2CC3CCC(C2)O3)nc2sccn12. The van der Waals surface area contributed by atoms with Crippen molar-refractivity contribution in [1.82, 2.24) is 9.38 Å². The van der Waals surface area contributed by atoms with Gasteiger partial charge < -0.3 is 14.7 Å². The van der Waals surface area contributed by atoms with Crippen LogP contribution in [0.3, 0.4) is 0 Å². The maximum atomic E-state index is 11.5. The molecule has 2 atom stereocenters. The fourth-order valence-electron chi connectivity index (χ4n) is 2.98. The average Bonchev–Trinajstić information content (AvgIpc) is 3.02. The second-order valence-corrected chi connectivity index (χ2v) is 5.88. The van der Waals surface area contributed by atoms with Crippen molar-refractivity contribution in [3.05, 3.63) is 17.3 Å². The molecule has 0 spiro atoms. The molecular formula is C12H13N3O3S. The summed E-state index contributed by atoms with van der Waals surface area (Å²) in [7, 11) is 0. The fourth-order valence-corrected chi connectivity index (χ4v) is 3.69. The largest absolute Gasteiger partial charge is 0.476 e. The van der Waals surface area contributed by atoms with E-state index in [0.717, 1.165) is 30.9 Å².